The maximum Gasteiger partial charge on any atom is 0.276 e. The Balaban J connectivity index is 1.36. The van der Waals surface area contributed by atoms with Gasteiger partial charge >= 0.3 is 0 Å². The van der Waals surface area contributed by atoms with Gasteiger partial charge in [-0.15, -0.1) is 0 Å². The van der Waals surface area contributed by atoms with Gasteiger partial charge in [-0.3, -0.25) is 9.89 Å². The maximum absolute atomic E-state index is 12.3. The standard InChI is InChI=1S/C21H17N3O3/c25-21(19-13-18(23-24-19)20-7-4-12-26-20)22-16-8-10-17(11-9-16)27-14-15-5-2-1-3-6-15/h1-13H,14H2,(H,22,25)(H,23,24). The fourth-order valence-corrected chi connectivity index (χ4v) is 2.57. The average Bonchev–Trinajstić information content (AvgIpc) is 3.40. The van der Waals surface area contributed by atoms with Gasteiger partial charge in [-0.25, -0.2) is 0 Å². The largest absolute Gasteiger partial charge is 0.489 e. The van der Waals surface area contributed by atoms with Crippen LogP contribution in [0.25, 0.3) is 11.5 Å². The van der Waals surface area contributed by atoms with E-state index in [0.717, 1.165) is 11.3 Å². The fraction of sp³-hybridized carbons (Fsp3) is 0.0476. The molecule has 0 saturated carbocycles. The van der Waals surface area contributed by atoms with Gasteiger partial charge in [-0.2, -0.15) is 5.10 Å². The molecule has 4 rings (SSSR count). The number of hydrogen-bond donors (Lipinski definition) is 2. The van der Waals surface area contributed by atoms with Crippen LogP contribution in [0.2, 0.25) is 0 Å². The molecule has 2 heterocycles. The summed E-state index contributed by atoms with van der Waals surface area (Å²) in [4.78, 5) is 12.3. The molecular formula is C21H17N3O3. The summed E-state index contributed by atoms with van der Waals surface area (Å²) in [6.45, 7) is 0.495. The molecule has 2 N–H and O–H groups in total. The highest BCUT2D eigenvalue weighted by atomic mass is 16.5. The van der Waals surface area contributed by atoms with Gasteiger partial charge in [0.25, 0.3) is 5.91 Å². The monoisotopic (exact) mass is 359 g/mol. The summed E-state index contributed by atoms with van der Waals surface area (Å²) in [7, 11) is 0. The molecule has 0 unspecified atom stereocenters. The van der Waals surface area contributed by atoms with Crippen LogP contribution in [0.15, 0.2) is 83.5 Å². The van der Waals surface area contributed by atoms with E-state index in [1.165, 1.54) is 0 Å². The van der Waals surface area contributed by atoms with Gasteiger partial charge in [0.05, 0.1) is 6.26 Å². The molecule has 4 aromatic rings. The number of carbonyl (C=O) groups excluding carboxylic acids is 1. The summed E-state index contributed by atoms with van der Waals surface area (Å²) in [6, 6.07) is 22.4. The van der Waals surface area contributed by atoms with E-state index in [1.54, 1.807) is 36.6 Å². The lowest BCUT2D eigenvalue weighted by atomic mass is 10.2. The molecule has 0 bridgehead atoms. The summed E-state index contributed by atoms with van der Waals surface area (Å²) >= 11 is 0. The molecule has 1 amide bonds. The van der Waals surface area contributed by atoms with Crippen molar-refractivity contribution in [3.63, 3.8) is 0 Å². The quantitative estimate of drug-likeness (QED) is 0.531. The van der Waals surface area contributed by atoms with E-state index in [-0.39, 0.29) is 11.6 Å². The van der Waals surface area contributed by atoms with Crippen LogP contribution in [-0.4, -0.2) is 16.1 Å². The van der Waals surface area contributed by atoms with Gasteiger partial charge in [0, 0.05) is 11.8 Å². The number of carbonyl (C=O) groups is 1. The third-order valence-corrected chi connectivity index (χ3v) is 3.96. The highest BCUT2D eigenvalue weighted by Crippen LogP contribution is 2.20. The van der Waals surface area contributed by atoms with Crippen molar-refractivity contribution in [1.29, 1.82) is 0 Å². The fourth-order valence-electron chi connectivity index (χ4n) is 2.57. The van der Waals surface area contributed by atoms with Gasteiger partial charge in [0.2, 0.25) is 0 Å². The number of H-pyrrole nitrogens is 1. The zero-order valence-corrected chi connectivity index (χ0v) is 14.4. The van der Waals surface area contributed by atoms with E-state index in [9.17, 15) is 4.79 Å². The molecule has 0 spiro atoms. The Morgan fingerprint density at radius 1 is 1.04 bits per heavy atom. The lowest BCUT2D eigenvalue weighted by Gasteiger charge is -2.08. The number of nitrogens with one attached hydrogen (secondary N) is 2. The number of anilines is 1. The summed E-state index contributed by atoms with van der Waals surface area (Å²) in [5, 5.41) is 9.63. The first-order valence-corrected chi connectivity index (χ1v) is 8.45. The van der Waals surface area contributed by atoms with Crippen LogP contribution in [-0.2, 0) is 6.61 Å². The van der Waals surface area contributed by atoms with Crippen molar-refractivity contribution in [3.05, 3.63) is 90.3 Å². The number of furan rings is 1. The van der Waals surface area contributed by atoms with Gasteiger partial charge in [-0.1, -0.05) is 30.3 Å². The van der Waals surface area contributed by atoms with E-state index in [4.69, 9.17) is 9.15 Å². The minimum atomic E-state index is -0.304. The Morgan fingerprint density at radius 3 is 2.59 bits per heavy atom. The van der Waals surface area contributed by atoms with Crippen molar-refractivity contribution >= 4 is 11.6 Å². The van der Waals surface area contributed by atoms with E-state index < -0.39 is 0 Å². The second-order valence-electron chi connectivity index (χ2n) is 5.90. The molecule has 0 saturated heterocycles. The zero-order chi connectivity index (χ0) is 18.5. The van der Waals surface area contributed by atoms with Gasteiger partial charge in [0.15, 0.2) is 11.5 Å². The summed E-state index contributed by atoms with van der Waals surface area (Å²) < 4.78 is 11.0. The van der Waals surface area contributed by atoms with E-state index in [1.807, 2.05) is 42.5 Å². The Bertz CT molecular complexity index is 1010. The number of ether oxygens (including phenoxy) is 1. The number of benzene rings is 2. The number of nitrogens with zero attached hydrogens (tertiary/aromatic N) is 1. The maximum atomic E-state index is 12.3. The molecule has 0 aliphatic carbocycles. The Morgan fingerprint density at radius 2 is 1.85 bits per heavy atom. The average molecular weight is 359 g/mol. The van der Waals surface area contributed by atoms with Gasteiger partial charge < -0.3 is 14.5 Å². The SMILES string of the molecule is O=C(Nc1ccc(OCc2ccccc2)cc1)c1cc(-c2ccco2)[nH]n1. The normalized spacial score (nSPS) is 10.5. The molecular weight excluding hydrogens is 342 g/mol. The number of rotatable bonds is 6. The molecule has 134 valence electrons. The third kappa shape index (κ3) is 4.07. The van der Waals surface area contributed by atoms with Crippen molar-refractivity contribution in [3.8, 4) is 17.2 Å². The molecule has 27 heavy (non-hydrogen) atoms. The number of amides is 1. The van der Waals surface area contributed by atoms with Crippen LogP contribution in [0.3, 0.4) is 0 Å². The first-order chi connectivity index (χ1) is 13.3. The Kier molecular flexibility index (Phi) is 4.70. The second kappa shape index (κ2) is 7.61. The van der Waals surface area contributed by atoms with Crippen molar-refractivity contribution in [1.82, 2.24) is 10.2 Å². The predicted molar refractivity (Wildman–Crippen MR) is 101 cm³/mol. The second-order valence-corrected chi connectivity index (χ2v) is 5.90. The first-order valence-electron chi connectivity index (χ1n) is 8.45. The molecule has 0 aliphatic heterocycles. The molecule has 6 nitrogen and oxygen atoms in total. The van der Waals surface area contributed by atoms with Gasteiger partial charge in [0.1, 0.15) is 18.1 Å². The third-order valence-electron chi connectivity index (χ3n) is 3.96. The van der Waals surface area contributed by atoms with Crippen molar-refractivity contribution in [2.75, 3.05) is 5.32 Å². The number of aromatic amines is 1. The highest BCUT2D eigenvalue weighted by Gasteiger charge is 2.13. The summed E-state index contributed by atoms with van der Waals surface area (Å²) in [5.74, 6) is 1.06. The van der Waals surface area contributed by atoms with E-state index in [0.29, 0.717) is 23.7 Å². The molecule has 2 aromatic carbocycles. The lowest BCUT2D eigenvalue weighted by Crippen LogP contribution is -2.12. The van der Waals surface area contributed by atoms with Crippen LogP contribution in [0.5, 0.6) is 5.75 Å². The molecule has 0 atom stereocenters. The minimum absolute atomic E-state index is 0.283. The van der Waals surface area contributed by atoms with Crippen LogP contribution >= 0.6 is 0 Å². The Hall–Kier alpha value is -3.80. The lowest BCUT2D eigenvalue weighted by molar-refractivity contribution is 0.102. The minimum Gasteiger partial charge on any atom is -0.489 e. The van der Waals surface area contributed by atoms with Crippen molar-refractivity contribution < 1.29 is 13.9 Å². The molecule has 6 heteroatoms. The zero-order valence-electron chi connectivity index (χ0n) is 14.4. The van der Waals surface area contributed by atoms with Crippen LogP contribution < -0.4 is 10.1 Å². The number of hydrogen-bond acceptors (Lipinski definition) is 4. The molecule has 0 aliphatic rings. The van der Waals surface area contributed by atoms with E-state index >= 15 is 0 Å². The summed E-state index contributed by atoms with van der Waals surface area (Å²) in [5.41, 5.74) is 2.69. The van der Waals surface area contributed by atoms with Crippen molar-refractivity contribution in [2.45, 2.75) is 6.61 Å². The number of aromatic nitrogens is 2. The molecule has 0 radical (unpaired) electrons. The molecule has 0 fully saturated rings. The smallest absolute Gasteiger partial charge is 0.276 e. The van der Waals surface area contributed by atoms with Crippen LogP contribution in [0, 0.1) is 0 Å². The predicted octanol–water partition coefficient (Wildman–Crippen LogP) is 4.50. The topological polar surface area (TPSA) is 80.1 Å². The van der Waals surface area contributed by atoms with Crippen LogP contribution in [0.1, 0.15) is 16.1 Å². The highest BCUT2D eigenvalue weighted by molar-refractivity contribution is 6.03. The Labute approximate surface area is 155 Å². The van der Waals surface area contributed by atoms with Gasteiger partial charge in [-0.05, 0) is 42.0 Å². The van der Waals surface area contributed by atoms with E-state index in [2.05, 4.69) is 15.5 Å². The summed E-state index contributed by atoms with van der Waals surface area (Å²) in [6.07, 6.45) is 1.57. The molecule has 2 aromatic heterocycles. The van der Waals surface area contributed by atoms with Crippen molar-refractivity contribution in [2.24, 2.45) is 0 Å². The van der Waals surface area contributed by atoms with Crippen LogP contribution in [0.4, 0.5) is 5.69 Å². The first kappa shape index (κ1) is 16.7.